The van der Waals surface area contributed by atoms with Crippen LogP contribution in [0.25, 0.3) is 0 Å². The first kappa shape index (κ1) is 13.6. The van der Waals surface area contributed by atoms with Crippen LogP contribution in [0.5, 0.6) is 0 Å². The largest absolute Gasteiger partial charge is 0.317 e. The molecule has 1 aliphatic carbocycles. The lowest BCUT2D eigenvalue weighted by atomic mass is 9.71. The van der Waals surface area contributed by atoms with Crippen LogP contribution in [0.3, 0.4) is 0 Å². The van der Waals surface area contributed by atoms with Crippen LogP contribution in [0, 0.1) is 5.92 Å². The monoisotopic (exact) mass is 322 g/mol. The van der Waals surface area contributed by atoms with Gasteiger partial charge in [-0.2, -0.15) is 0 Å². The van der Waals surface area contributed by atoms with E-state index in [9.17, 15) is 0 Å². The molecule has 2 fully saturated rings. The minimum atomic E-state index is 0.259. The predicted octanol–water partition coefficient (Wildman–Crippen LogP) is 3.42. The van der Waals surface area contributed by atoms with Crippen molar-refractivity contribution >= 4 is 15.9 Å². The van der Waals surface area contributed by atoms with Crippen molar-refractivity contribution in [3.8, 4) is 0 Å². The summed E-state index contributed by atoms with van der Waals surface area (Å²) in [4.78, 5) is 0. The van der Waals surface area contributed by atoms with Crippen molar-refractivity contribution in [3.05, 3.63) is 34.3 Å². The SMILES string of the molecule is Brc1cccc(C2(NCC3CCNCC3)CCC2)c1. The van der Waals surface area contributed by atoms with Crippen LogP contribution in [0.4, 0.5) is 0 Å². The summed E-state index contributed by atoms with van der Waals surface area (Å²) >= 11 is 3.60. The second-order valence-corrected chi connectivity index (χ2v) is 6.94. The molecule has 0 spiro atoms. The van der Waals surface area contributed by atoms with E-state index in [-0.39, 0.29) is 5.54 Å². The molecule has 1 heterocycles. The molecule has 2 aliphatic rings. The summed E-state index contributed by atoms with van der Waals surface area (Å²) in [6.45, 7) is 3.56. The third kappa shape index (κ3) is 3.04. The molecule has 3 rings (SSSR count). The number of halogens is 1. The molecule has 0 amide bonds. The fourth-order valence-corrected chi connectivity index (χ4v) is 3.71. The summed E-state index contributed by atoms with van der Waals surface area (Å²) in [6.07, 6.45) is 6.57. The maximum absolute atomic E-state index is 3.90. The lowest BCUT2D eigenvalue weighted by molar-refractivity contribution is 0.169. The Hall–Kier alpha value is -0.380. The maximum Gasteiger partial charge on any atom is 0.0435 e. The van der Waals surface area contributed by atoms with Crippen LogP contribution in [-0.4, -0.2) is 19.6 Å². The summed E-state index contributed by atoms with van der Waals surface area (Å²) in [6, 6.07) is 8.84. The quantitative estimate of drug-likeness (QED) is 0.887. The Labute approximate surface area is 124 Å². The first-order valence-corrected chi connectivity index (χ1v) is 8.30. The van der Waals surface area contributed by atoms with Gasteiger partial charge in [-0.25, -0.2) is 0 Å². The van der Waals surface area contributed by atoms with Gasteiger partial charge in [-0.15, -0.1) is 0 Å². The lowest BCUT2D eigenvalue weighted by Gasteiger charge is -2.44. The third-order valence-electron chi connectivity index (χ3n) is 4.77. The minimum Gasteiger partial charge on any atom is -0.317 e. The van der Waals surface area contributed by atoms with Gasteiger partial charge in [0.1, 0.15) is 0 Å². The fraction of sp³-hybridized carbons (Fsp3) is 0.625. The van der Waals surface area contributed by atoms with Gasteiger partial charge in [0.15, 0.2) is 0 Å². The smallest absolute Gasteiger partial charge is 0.0435 e. The zero-order valence-electron chi connectivity index (χ0n) is 11.4. The van der Waals surface area contributed by atoms with Crippen molar-refractivity contribution in [3.63, 3.8) is 0 Å². The molecule has 1 saturated carbocycles. The second kappa shape index (κ2) is 5.94. The minimum absolute atomic E-state index is 0.259. The Bertz CT molecular complexity index is 423. The molecule has 0 radical (unpaired) electrons. The summed E-state index contributed by atoms with van der Waals surface area (Å²) in [5.41, 5.74) is 1.72. The molecule has 1 aliphatic heterocycles. The van der Waals surface area contributed by atoms with Crippen LogP contribution in [0.15, 0.2) is 28.7 Å². The van der Waals surface area contributed by atoms with Crippen molar-refractivity contribution in [1.29, 1.82) is 0 Å². The van der Waals surface area contributed by atoms with Crippen LogP contribution >= 0.6 is 15.9 Å². The van der Waals surface area contributed by atoms with Gasteiger partial charge >= 0.3 is 0 Å². The number of benzene rings is 1. The standard InChI is InChI=1S/C16H23BrN2/c17-15-4-1-3-14(11-15)16(7-2-8-16)19-12-13-5-9-18-10-6-13/h1,3-4,11,13,18-19H,2,5-10,12H2. The first-order valence-electron chi connectivity index (χ1n) is 7.50. The van der Waals surface area contributed by atoms with E-state index in [4.69, 9.17) is 0 Å². The molecule has 0 atom stereocenters. The Morgan fingerprint density at radius 3 is 2.68 bits per heavy atom. The molecular weight excluding hydrogens is 300 g/mol. The van der Waals surface area contributed by atoms with Crippen molar-refractivity contribution in [2.75, 3.05) is 19.6 Å². The van der Waals surface area contributed by atoms with Crippen molar-refractivity contribution in [2.24, 2.45) is 5.92 Å². The number of piperidine rings is 1. The van der Waals surface area contributed by atoms with E-state index in [0.717, 1.165) is 5.92 Å². The number of nitrogens with one attached hydrogen (secondary N) is 2. The topological polar surface area (TPSA) is 24.1 Å². The van der Waals surface area contributed by atoms with Gasteiger partial charge in [0.2, 0.25) is 0 Å². The van der Waals surface area contributed by atoms with Gasteiger partial charge in [0.05, 0.1) is 0 Å². The molecule has 0 unspecified atom stereocenters. The van der Waals surface area contributed by atoms with Crippen LogP contribution in [0.2, 0.25) is 0 Å². The van der Waals surface area contributed by atoms with E-state index >= 15 is 0 Å². The maximum atomic E-state index is 3.90. The van der Waals surface area contributed by atoms with Gasteiger partial charge in [0.25, 0.3) is 0 Å². The lowest BCUT2D eigenvalue weighted by Crippen LogP contribution is -2.50. The molecule has 19 heavy (non-hydrogen) atoms. The zero-order valence-corrected chi connectivity index (χ0v) is 13.0. The Kier molecular flexibility index (Phi) is 4.25. The molecule has 0 bridgehead atoms. The number of hydrogen-bond acceptors (Lipinski definition) is 2. The Morgan fingerprint density at radius 1 is 1.26 bits per heavy atom. The summed E-state index contributed by atoms with van der Waals surface area (Å²) in [5.74, 6) is 0.853. The average Bonchev–Trinajstić information content (AvgIpc) is 2.39. The van der Waals surface area contributed by atoms with Crippen molar-refractivity contribution < 1.29 is 0 Å². The highest BCUT2D eigenvalue weighted by Crippen LogP contribution is 2.42. The Morgan fingerprint density at radius 2 is 2.05 bits per heavy atom. The number of hydrogen-bond donors (Lipinski definition) is 2. The molecule has 0 aromatic heterocycles. The van der Waals surface area contributed by atoms with E-state index < -0.39 is 0 Å². The molecule has 3 heteroatoms. The van der Waals surface area contributed by atoms with Gasteiger partial charge < -0.3 is 10.6 Å². The molecule has 1 aromatic rings. The van der Waals surface area contributed by atoms with Crippen molar-refractivity contribution in [1.82, 2.24) is 10.6 Å². The summed E-state index contributed by atoms with van der Waals surface area (Å²) in [5, 5.41) is 7.34. The van der Waals surface area contributed by atoms with E-state index in [1.54, 1.807) is 0 Å². The predicted molar refractivity (Wildman–Crippen MR) is 83.3 cm³/mol. The van der Waals surface area contributed by atoms with Gasteiger partial charge in [-0.05, 0) is 75.4 Å². The highest BCUT2D eigenvalue weighted by Gasteiger charge is 2.38. The van der Waals surface area contributed by atoms with Crippen LogP contribution < -0.4 is 10.6 Å². The highest BCUT2D eigenvalue weighted by atomic mass is 79.9. The molecule has 1 aromatic carbocycles. The van der Waals surface area contributed by atoms with Gasteiger partial charge in [-0.3, -0.25) is 0 Å². The average molecular weight is 323 g/mol. The normalized spacial score (nSPS) is 23.0. The summed E-state index contributed by atoms with van der Waals surface area (Å²) < 4.78 is 1.19. The fourth-order valence-electron chi connectivity index (χ4n) is 3.31. The van der Waals surface area contributed by atoms with E-state index in [0.29, 0.717) is 0 Å². The van der Waals surface area contributed by atoms with Crippen molar-refractivity contribution in [2.45, 2.75) is 37.6 Å². The molecular formula is C16H23BrN2. The van der Waals surface area contributed by atoms with E-state index in [1.807, 2.05) is 0 Å². The van der Waals surface area contributed by atoms with Gasteiger partial charge in [0, 0.05) is 10.0 Å². The molecule has 2 nitrogen and oxygen atoms in total. The molecule has 104 valence electrons. The summed E-state index contributed by atoms with van der Waals surface area (Å²) in [7, 11) is 0. The first-order chi connectivity index (χ1) is 9.28. The number of rotatable bonds is 4. The second-order valence-electron chi connectivity index (χ2n) is 6.02. The van der Waals surface area contributed by atoms with E-state index in [1.165, 1.54) is 61.8 Å². The van der Waals surface area contributed by atoms with Crippen LogP contribution in [0.1, 0.15) is 37.7 Å². The highest BCUT2D eigenvalue weighted by molar-refractivity contribution is 9.10. The zero-order chi connectivity index (χ0) is 13.1. The Balaban J connectivity index is 1.65. The van der Waals surface area contributed by atoms with Gasteiger partial charge in [-0.1, -0.05) is 28.1 Å². The molecule has 1 saturated heterocycles. The third-order valence-corrected chi connectivity index (χ3v) is 5.27. The van der Waals surface area contributed by atoms with Crippen LogP contribution in [-0.2, 0) is 5.54 Å². The van der Waals surface area contributed by atoms with E-state index in [2.05, 4.69) is 50.8 Å². The molecule has 2 N–H and O–H groups in total.